The normalized spacial score (nSPS) is 22.1. The van der Waals surface area contributed by atoms with Gasteiger partial charge in [0.15, 0.2) is 11.5 Å². The van der Waals surface area contributed by atoms with Crippen molar-refractivity contribution in [3.05, 3.63) is 79.9 Å². The Balaban J connectivity index is 0.881. The molecule has 7 rings (SSSR count). The van der Waals surface area contributed by atoms with Crippen LogP contribution >= 0.6 is 27.5 Å². The first kappa shape index (κ1) is 35.5. The number of hydrogen-bond donors (Lipinski definition) is 2. The summed E-state index contributed by atoms with van der Waals surface area (Å²) in [6, 6.07) is 13.1. The summed E-state index contributed by atoms with van der Waals surface area (Å²) in [5.41, 5.74) is 1.96. The second-order valence-corrected chi connectivity index (χ2v) is 14.6. The topological polar surface area (TPSA) is 178 Å². The molecule has 16 heteroatoms. The summed E-state index contributed by atoms with van der Waals surface area (Å²) in [6.45, 7) is 3.30. The summed E-state index contributed by atoms with van der Waals surface area (Å²) < 4.78 is 6.54. The van der Waals surface area contributed by atoms with E-state index >= 15 is 0 Å². The number of nitrogens with one attached hydrogen (secondary N) is 2. The van der Waals surface area contributed by atoms with Crippen LogP contribution in [0.4, 0.5) is 5.82 Å². The van der Waals surface area contributed by atoms with Gasteiger partial charge in [-0.2, -0.15) is 5.26 Å². The number of ether oxygens (including phenoxy) is 1. The van der Waals surface area contributed by atoms with E-state index in [1.807, 2.05) is 12.1 Å². The zero-order valence-corrected chi connectivity index (χ0v) is 30.3. The number of piperazine rings is 1. The molecule has 2 aromatic carbocycles. The number of nitrogens with zero attached hydrogens (tertiary/aromatic N) is 6. The molecule has 2 saturated heterocycles. The fourth-order valence-corrected chi connectivity index (χ4v) is 8.03. The first-order valence-electron chi connectivity index (χ1n) is 17.1. The van der Waals surface area contributed by atoms with E-state index in [9.17, 15) is 24.0 Å². The summed E-state index contributed by atoms with van der Waals surface area (Å²) in [5.74, 6) is -1.12. The monoisotopic (exact) mass is 788 g/mol. The minimum absolute atomic E-state index is 0.000304. The molecule has 3 aliphatic heterocycles. The Labute approximate surface area is 312 Å². The Morgan fingerprint density at radius 3 is 2.42 bits per heavy atom. The maximum atomic E-state index is 13.3. The highest BCUT2D eigenvalue weighted by molar-refractivity contribution is 9.10. The summed E-state index contributed by atoms with van der Waals surface area (Å²) >= 11 is 9.60. The molecule has 0 radical (unpaired) electrons. The van der Waals surface area contributed by atoms with Crippen molar-refractivity contribution in [1.82, 2.24) is 30.6 Å². The van der Waals surface area contributed by atoms with Crippen molar-refractivity contribution >= 4 is 62.9 Å². The first-order chi connectivity index (χ1) is 25.1. The Bertz CT molecular complexity index is 1990. The van der Waals surface area contributed by atoms with E-state index in [4.69, 9.17) is 21.6 Å². The summed E-state index contributed by atoms with van der Waals surface area (Å²) in [5, 5.41) is 23.3. The minimum Gasteiger partial charge on any atom is -0.490 e. The highest BCUT2D eigenvalue weighted by Gasteiger charge is 2.45. The van der Waals surface area contributed by atoms with Crippen molar-refractivity contribution in [2.75, 3.05) is 31.1 Å². The molecule has 4 aliphatic rings. The van der Waals surface area contributed by atoms with Crippen LogP contribution in [0.15, 0.2) is 46.9 Å². The van der Waals surface area contributed by atoms with E-state index in [1.165, 1.54) is 0 Å². The Morgan fingerprint density at radius 2 is 1.75 bits per heavy atom. The molecule has 1 aliphatic carbocycles. The first-order valence-corrected chi connectivity index (χ1v) is 18.3. The van der Waals surface area contributed by atoms with Gasteiger partial charge in [-0.1, -0.05) is 11.6 Å². The van der Waals surface area contributed by atoms with Crippen LogP contribution in [0.25, 0.3) is 0 Å². The smallest absolute Gasteiger partial charge is 0.272 e. The predicted molar refractivity (Wildman–Crippen MR) is 191 cm³/mol. The van der Waals surface area contributed by atoms with Crippen LogP contribution in [0.2, 0.25) is 5.02 Å². The molecule has 0 bridgehead atoms. The SMILES string of the molecule is N#Cc1ccc(OC2CCC(NC(=O)c3ccc(N4CCN(Cc5cc(Br)c6c(c5)C(=O)N(C5CCC(=O)NC5=O)C6=O)CC4)nn3)CC2)cc1Cl. The van der Waals surface area contributed by atoms with E-state index in [-0.39, 0.29) is 47.7 Å². The van der Waals surface area contributed by atoms with Crippen LogP contribution in [0.1, 0.15) is 80.9 Å². The van der Waals surface area contributed by atoms with Crippen molar-refractivity contribution in [1.29, 1.82) is 5.26 Å². The average molecular weight is 790 g/mol. The van der Waals surface area contributed by atoms with Crippen molar-refractivity contribution in [3.8, 4) is 11.8 Å². The van der Waals surface area contributed by atoms with Crippen molar-refractivity contribution in [2.24, 2.45) is 0 Å². The molecule has 3 fully saturated rings. The average Bonchev–Trinajstić information content (AvgIpc) is 3.38. The molecule has 4 heterocycles. The van der Waals surface area contributed by atoms with Gasteiger partial charge in [0.05, 0.1) is 27.8 Å². The lowest BCUT2D eigenvalue weighted by atomic mass is 9.93. The van der Waals surface area contributed by atoms with Crippen LogP contribution < -0.4 is 20.3 Å². The van der Waals surface area contributed by atoms with Gasteiger partial charge in [-0.25, -0.2) is 0 Å². The van der Waals surface area contributed by atoms with E-state index in [0.717, 1.165) is 36.1 Å². The van der Waals surface area contributed by atoms with Gasteiger partial charge in [0, 0.05) is 55.7 Å². The van der Waals surface area contributed by atoms with Crippen LogP contribution in [0.3, 0.4) is 0 Å². The number of carbonyl (C=O) groups is 5. The number of halogens is 2. The van der Waals surface area contributed by atoms with Crippen LogP contribution in [-0.2, 0) is 16.1 Å². The number of fused-ring (bicyclic) bond motifs is 1. The number of aromatic nitrogens is 2. The minimum atomic E-state index is -1.02. The third kappa shape index (κ3) is 7.37. The summed E-state index contributed by atoms with van der Waals surface area (Å²) in [6.07, 6.45) is 3.21. The molecular weight excluding hydrogens is 756 g/mol. The van der Waals surface area contributed by atoms with Gasteiger partial charge < -0.3 is 15.0 Å². The molecule has 5 amide bonds. The summed E-state index contributed by atoms with van der Waals surface area (Å²) in [7, 11) is 0. The third-order valence-corrected chi connectivity index (χ3v) is 10.9. The quantitative estimate of drug-likeness (QED) is 0.319. The molecule has 1 atom stereocenters. The molecule has 1 unspecified atom stereocenters. The Kier molecular flexibility index (Phi) is 10.2. The zero-order chi connectivity index (χ0) is 36.5. The second-order valence-electron chi connectivity index (χ2n) is 13.3. The van der Waals surface area contributed by atoms with Crippen LogP contribution in [0, 0.1) is 11.3 Å². The van der Waals surface area contributed by atoms with Gasteiger partial charge in [-0.3, -0.25) is 39.1 Å². The molecule has 1 saturated carbocycles. The molecule has 52 heavy (non-hydrogen) atoms. The summed E-state index contributed by atoms with van der Waals surface area (Å²) in [4.78, 5) is 68.8. The fourth-order valence-electron chi connectivity index (χ4n) is 7.14. The van der Waals surface area contributed by atoms with E-state index < -0.39 is 29.7 Å². The van der Waals surface area contributed by atoms with Crippen molar-refractivity contribution < 1.29 is 28.7 Å². The fraction of sp³-hybridized carbons (Fsp3) is 0.389. The lowest BCUT2D eigenvalue weighted by Gasteiger charge is -2.35. The predicted octanol–water partition coefficient (Wildman–Crippen LogP) is 3.61. The molecule has 1 aromatic heterocycles. The third-order valence-electron chi connectivity index (χ3n) is 9.91. The van der Waals surface area contributed by atoms with Gasteiger partial charge in [-0.15, -0.1) is 10.2 Å². The van der Waals surface area contributed by atoms with E-state index in [2.05, 4.69) is 46.6 Å². The van der Waals surface area contributed by atoms with Crippen LogP contribution in [-0.4, -0.2) is 93.9 Å². The van der Waals surface area contributed by atoms with Gasteiger partial charge in [0.1, 0.15) is 17.9 Å². The van der Waals surface area contributed by atoms with Gasteiger partial charge in [0.2, 0.25) is 11.8 Å². The highest BCUT2D eigenvalue weighted by Crippen LogP contribution is 2.34. The van der Waals surface area contributed by atoms with E-state index in [0.29, 0.717) is 59.3 Å². The molecule has 14 nitrogen and oxygen atoms in total. The van der Waals surface area contributed by atoms with Crippen molar-refractivity contribution in [3.63, 3.8) is 0 Å². The number of anilines is 1. The van der Waals surface area contributed by atoms with Gasteiger partial charge >= 0.3 is 0 Å². The second kappa shape index (κ2) is 15.0. The standard InChI is InChI=1S/C36H34BrClN8O6/c37-26-16-20(15-25-32(26)36(51)46(35(25)50)29-8-10-31(47)41-34(29)49)19-44-11-13-45(14-12-44)30-9-7-28(42-43-30)33(48)40-22-2-5-23(6-3-22)52-24-4-1-21(18-39)27(38)17-24/h1,4,7,9,15-17,22-23,29H,2-3,5-6,8,10-14,19H2,(H,40,48)(H,41,47,49). The lowest BCUT2D eigenvalue weighted by Crippen LogP contribution is -2.54. The highest BCUT2D eigenvalue weighted by atomic mass is 79.9. The number of hydrogen-bond acceptors (Lipinski definition) is 11. The number of carbonyl (C=O) groups excluding carboxylic acids is 5. The largest absolute Gasteiger partial charge is 0.490 e. The maximum absolute atomic E-state index is 13.3. The molecule has 268 valence electrons. The number of nitriles is 1. The maximum Gasteiger partial charge on any atom is 0.272 e. The van der Waals surface area contributed by atoms with E-state index in [1.54, 1.807) is 36.4 Å². The van der Waals surface area contributed by atoms with Crippen LogP contribution in [0.5, 0.6) is 5.75 Å². The molecule has 2 N–H and O–H groups in total. The molecular formula is C36H34BrClN8O6. The van der Waals surface area contributed by atoms with Gasteiger partial charge in [0.25, 0.3) is 17.7 Å². The number of piperidine rings is 1. The zero-order valence-electron chi connectivity index (χ0n) is 27.9. The number of amides is 5. The lowest BCUT2D eigenvalue weighted by molar-refractivity contribution is -0.136. The molecule has 3 aromatic rings. The number of imide groups is 2. The molecule has 0 spiro atoms. The van der Waals surface area contributed by atoms with Gasteiger partial charge in [-0.05, 0) is 90.0 Å². The Hall–Kier alpha value is -4.91. The number of rotatable bonds is 8. The van der Waals surface area contributed by atoms with Crippen molar-refractivity contribution in [2.45, 2.75) is 63.3 Å². The Morgan fingerprint density at radius 1 is 0.981 bits per heavy atom. The number of benzene rings is 2.